The summed E-state index contributed by atoms with van der Waals surface area (Å²) in [6.45, 7) is 1.22. The van der Waals surface area contributed by atoms with Crippen LogP contribution in [0.5, 0.6) is 0 Å². The molecule has 0 saturated carbocycles. The quantitative estimate of drug-likeness (QED) is 0.831. The molecule has 0 saturated heterocycles. The van der Waals surface area contributed by atoms with E-state index in [4.69, 9.17) is 4.74 Å². The molecule has 9 heteroatoms. The summed E-state index contributed by atoms with van der Waals surface area (Å²) in [7, 11) is 1.29. The summed E-state index contributed by atoms with van der Waals surface area (Å²) in [4.78, 5) is 34.1. The molecule has 6 nitrogen and oxygen atoms in total. The van der Waals surface area contributed by atoms with Crippen molar-refractivity contribution in [3.05, 3.63) is 35.4 Å². The van der Waals surface area contributed by atoms with Crippen LogP contribution < -0.4 is 10.6 Å². The number of amides is 3. The van der Waals surface area contributed by atoms with Crippen LogP contribution >= 0.6 is 0 Å². The average Bonchev–Trinajstić information content (AvgIpc) is 2.46. The molecule has 0 aliphatic carbocycles. The van der Waals surface area contributed by atoms with Gasteiger partial charge in [-0.1, -0.05) is 0 Å². The van der Waals surface area contributed by atoms with Gasteiger partial charge in [0.05, 0.1) is 11.1 Å². The molecule has 22 heavy (non-hydrogen) atoms. The van der Waals surface area contributed by atoms with Crippen molar-refractivity contribution in [2.24, 2.45) is 0 Å². The van der Waals surface area contributed by atoms with Gasteiger partial charge in [0.2, 0.25) is 0 Å². The minimum atomic E-state index is -4.51. The number of carbonyl (C=O) groups is 3. The second-order valence-corrected chi connectivity index (χ2v) is 4.19. The van der Waals surface area contributed by atoms with Crippen LogP contribution in [0.4, 0.5) is 18.0 Å². The van der Waals surface area contributed by atoms with Gasteiger partial charge < -0.3 is 10.1 Å². The van der Waals surface area contributed by atoms with Crippen molar-refractivity contribution in [2.75, 3.05) is 7.05 Å². The van der Waals surface area contributed by atoms with Crippen LogP contribution in [0, 0.1) is 0 Å². The van der Waals surface area contributed by atoms with Crippen LogP contribution in [0.15, 0.2) is 24.3 Å². The summed E-state index contributed by atoms with van der Waals surface area (Å²) in [6.07, 6.45) is -5.80. The number of hydrogen-bond donors (Lipinski definition) is 2. The fraction of sp³-hybridized carbons (Fsp3) is 0.308. The van der Waals surface area contributed by atoms with E-state index in [1.165, 1.54) is 14.0 Å². The Kier molecular flexibility index (Phi) is 5.50. The summed E-state index contributed by atoms with van der Waals surface area (Å²) in [5.41, 5.74) is -1.05. The zero-order chi connectivity index (χ0) is 16.9. The molecule has 0 aromatic heterocycles. The lowest BCUT2D eigenvalue weighted by Crippen LogP contribution is -2.43. The Labute approximate surface area is 123 Å². The predicted molar refractivity (Wildman–Crippen MR) is 68.9 cm³/mol. The number of benzene rings is 1. The van der Waals surface area contributed by atoms with Gasteiger partial charge in [-0.15, -0.1) is 0 Å². The number of alkyl halides is 3. The second-order valence-electron chi connectivity index (χ2n) is 4.19. The predicted octanol–water partition coefficient (Wildman–Crippen LogP) is 1.71. The molecule has 0 bridgehead atoms. The molecule has 1 rings (SSSR count). The summed E-state index contributed by atoms with van der Waals surface area (Å²) in [5, 5.41) is 4.04. The first-order valence-corrected chi connectivity index (χ1v) is 6.06. The minimum Gasteiger partial charge on any atom is -0.449 e. The Balaban J connectivity index is 2.69. The van der Waals surface area contributed by atoms with E-state index in [2.05, 4.69) is 5.32 Å². The topological polar surface area (TPSA) is 84.5 Å². The molecule has 3 amide bonds. The highest BCUT2D eigenvalue weighted by Crippen LogP contribution is 2.29. The Bertz CT molecular complexity index is 570. The normalized spacial score (nSPS) is 12.2. The molecular formula is C13H13F3N2O4. The Morgan fingerprint density at radius 3 is 2.14 bits per heavy atom. The number of esters is 1. The third-order valence-corrected chi connectivity index (χ3v) is 2.56. The van der Waals surface area contributed by atoms with Crippen LogP contribution in [0.25, 0.3) is 0 Å². The van der Waals surface area contributed by atoms with E-state index in [1.54, 1.807) is 0 Å². The smallest absolute Gasteiger partial charge is 0.416 e. The van der Waals surface area contributed by atoms with Gasteiger partial charge in [-0.2, -0.15) is 13.2 Å². The van der Waals surface area contributed by atoms with Gasteiger partial charge in [-0.3, -0.25) is 10.1 Å². The summed E-state index contributed by atoms with van der Waals surface area (Å²) < 4.78 is 41.9. The lowest BCUT2D eigenvalue weighted by atomic mass is 10.1. The summed E-state index contributed by atoms with van der Waals surface area (Å²) in [6, 6.07) is 2.56. The first-order chi connectivity index (χ1) is 10.1. The van der Waals surface area contributed by atoms with Crippen molar-refractivity contribution < 1.29 is 32.3 Å². The highest BCUT2D eigenvalue weighted by molar-refractivity contribution is 5.98. The molecule has 1 aromatic rings. The van der Waals surface area contributed by atoms with E-state index < -0.39 is 35.8 Å². The molecule has 0 spiro atoms. The number of hydrogen-bond acceptors (Lipinski definition) is 4. The summed E-state index contributed by atoms with van der Waals surface area (Å²) >= 11 is 0. The maximum absolute atomic E-state index is 12.4. The number of urea groups is 1. The molecule has 2 N–H and O–H groups in total. The molecule has 0 fully saturated rings. The highest BCUT2D eigenvalue weighted by atomic mass is 19.4. The Hall–Kier alpha value is -2.58. The number of imide groups is 1. The number of nitrogens with one attached hydrogen (secondary N) is 2. The molecule has 1 aromatic carbocycles. The third kappa shape index (κ3) is 4.76. The van der Waals surface area contributed by atoms with Crippen LogP contribution in [-0.4, -0.2) is 31.1 Å². The molecule has 120 valence electrons. The molecule has 1 atom stereocenters. The van der Waals surface area contributed by atoms with Crippen molar-refractivity contribution in [3.63, 3.8) is 0 Å². The van der Waals surface area contributed by atoms with Crippen molar-refractivity contribution in [2.45, 2.75) is 19.2 Å². The fourth-order valence-electron chi connectivity index (χ4n) is 1.35. The van der Waals surface area contributed by atoms with E-state index in [9.17, 15) is 27.6 Å². The van der Waals surface area contributed by atoms with Gasteiger partial charge in [0.25, 0.3) is 5.91 Å². The van der Waals surface area contributed by atoms with E-state index in [0.29, 0.717) is 0 Å². The van der Waals surface area contributed by atoms with Crippen LogP contribution in [-0.2, 0) is 15.7 Å². The van der Waals surface area contributed by atoms with Crippen molar-refractivity contribution in [1.82, 2.24) is 10.6 Å². The van der Waals surface area contributed by atoms with E-state index in [-0.39, 0.29) is 5.56 Å². The minimum absolute atomic E-state index is 0.146. The fourth-order valence-corrected chi connectivity index (χ4v) is 1.35. The summed E-state index contributed by atoms with van der Waals surface area (Å²) in [5.74, 6) is -1.84. The largest absolute Gasteiger partial charge is 0.449 e. The van der Waals surface area contributed by atoms with Crippen molar-refractivity contribution in [1.29, 1.82) is 0 Å². The second kappa shape index (κ2) is 6.92. The maximum Gasteiger partial charge on any atom is 0.416 e. The Morgan fingerprint density at radius 1 is 1.14 bits per heavy atom. The van der Waals surface area contributed by atoms with Gasteiger partial charge in [-0.05, 0) is 31.2 Å². The van der Waals surface area contributed by atoms with Crippen LogP contribution in [0.3, 0.4) is 0 Å². The molecule has 0 aliphatic rings. The molecular weight excluding hydrogens is 305 g/mol. The van der Waals surface area contributed by atoms with Gasteiger partial charge in [0.1, 0.15) is 0 Å². The zero-order valence-corrected chi connectivity index (χ0v) is 11.7. The van der Waals surface area contributed by atoms with Crippen LogP contribution in [0.2, 0.25) is 0 Å². The zero-order valence-electron chi connectivity index (χ0n) is 11.7. The maximum atomic E-state index is 12.4. The van der Waals surface area contributed by atoms with Crippen LogP contribution in [0.1, 0.15) is 22.8 Å². The monoisotopic (exact) mass is 318 g/mol. The number of ether oxygens (including phenoxy) is 1. The van der Waals surface area contributed by atoms with E-state index in [1.807, 2.05) is 5.32 Å². The van der Waals surface area contributed by atoms with Crippen molar-refractivity contribution in [3.8, 4) is 0 Å². The molecule has 0 aliphatic heterocycles. The molecule has 0 unspecified atom stereocenters. The number of halogens is 3. The van der Waals surface area contributed by atoms with E-state index >= 15 is 0 Å². The molecule has 0 heterocycles. The molecule has 0 radical (unpaired) electrons. The SMILES string of the molecule is CNC(=O)NC(=O)[C@H](C)OC(=O)c1ccc(C(F)(F)F)cc1. The lowest BCUT2D eigenvalue weighted by molar-refractivity contribution is -0.137. The first kappa shape index (κ1) is 17.5. The average molecular weight is 318 g/mol. The van der Waals surface area contributed by atoms with Gasteiger partial charge >= 0.3 is 18.2 Å². The third-order valence-electron chi connectivity index (χ3n) is 2.56. The lowest BCUT2D eigenvalue weighted by Gasteiger charge is -2.13. The van der Waals surface area contributed by atoms with Gasteiger partial charge in [-0.25, -0.2) is 9.59 Å². The van der Waals surface area contributed by atoms with Crippen molar-refractivity contribution >= 4 is 17.9 Å². The number of rotatable bonds is 3. The van der Waals surface area contributed by atoms with E-state index in [0.717, 1.165) is 24.3 Å². The van der Waals surface area contributed by atoms with Gasteiger partial charge in [0.15, 0.2) is 6.10 Å². The standard InChI is InChI=1S/C13H13F3N2O4/c1-7(10(19)18-12(21)17-2)22-11(20)8-3-5-9(6-4-8)13(14,15)16/h3-7H,1-2H3,(H2,17,18,19,21)/t7-/m0/s1. The first-order valence-electron chi connectivity index (χ1n) is 6.06. The van der Waals surface area contributed by atoms with Gasteiger partial charge in [0, 0.05) is 7.05 Å². The highest BCUT2D eigenvalue weighted by Gasteiger charge is 2.30. The number of carbonyl (C=O) groups excluding carboxylic acids is 3. The Morgan fingerprint density at radius 2 is 1.68 bits per heavy atom.